The molecule has 0 aliphatic rings. The minimum atomic E-state index is -0.122. The van der Waals surface area contributed by atoms with Crippen molar-refractivity contribution in [1.29, 1.82) is 0 Å². The van der Waals surface area contributed by atoms with Crippen LogP contribution in [0.25, 0.3) is 11.0 Å². The van der Waals surface area contributed by atoms with E-state index in [9.17, 15) is 0 Å². The topological polar surface area (TPSA) is 30.3 Å². The maximum atomic E-state index is 6.29. The van der Waals surface area contributed by atoms with Gasteiger partial charge in [0.15, 0.2) is 0 Å². The SMILES string of the molecule is COc1ccc2c(c1)nc(C(C)Cl)n2CC(C)N(C)C. The molecule has 5 heteroatoms. The Morgan fingerprint density at radius 2 is 2.05 bits per heavy atom. The first-order chi connectivity index (χ1) is 9.43. The van der Waals surface area contributed by atoms with Crippen LogP contribution in [0.2, 0.25) is 0 Å². The van der Waals surface area contributed by atoms with Gasteiger partial charge in [-0.2, -0.15) is 0 Å². The van der Waals surface area contributed by atoms with E-state index in [0.717, 1.165) is 29.2 Å². The lowest BCUT2D eigenvalue weighted by Gasteiger charge is -2.22. The van der Waals surface area contributed by atoms with Crippen LogP contribution in [0.4, 0.5) is 0 Å². The Morgan fingerprint density at radius 1 is 1.35 bits per heavy atom. The van der Waals surface area contributed by atoms with Crippen LogP contribution in [0.3, 0.4) is 0 Å². The predicted molar refractivity (Wildman–Crippen MR) is 83.7 cm³/mol. The summed E-state index contributed by atoms with van der Waals surface area (Å²) in [4.78, 5) is 6.86. The summed E-state index contributed by atoms with van der Waals surface area (Å²) in [7, 11) is 5.82. The number of benzene rings is 1. The Labute approximate surface area is 125 Å². The van der Waals surface area contributed by atoms with Gasteiger partial charge < -0.3 is 14.2 Å². The van der Waals surface area contributed by atoms with Crippen molar-refractivity contribution in [2.45, 2.75) is 31.8 Å². The Hall–Kier alpha value is -1.26. The van der Waals surface area contributed by atoms with Gasteiger partial charge in [0.25, 0.3) is 0 Å². The molecule has 110 valence electrons. The number of halogens is 1. The molecule has 0 aliphatic heterocycles. The minimum Gasteiger partial charge on any atom is -0.497 e. The molecule has 0 aliphatic carbocycles. The van der Waals surface area contributed by atoms with Crippen LogP contribution in [-0.4, -0.2) is 41.7 Å². The van der Waals surface area contributed by atoms with Crippen molar-refractivity contribution in [2.75, 3.05) is 21.2 Å². The smallest absolute Gasteiger partial charge is 0.127 e. The molecule has 0 radical (unpaired) electrons. The summed E-state index contributed by atoms with van der Waals surface area (Å²) >= 11 is 6.29. The fourth-order valence-electron chi connectivity index (χ4n) is 2.18. The van der Waals surface area contributed by atoms with E-state index in [-0.39, 0.29) is 5.38 Å². The van der Waals surface area contributed by atoms with Gasteiger partial charge in [-0.1, -0.05) is 0 Å². The first-order valence-electron chi connectivity index (χ1n) is 6.78. The van der Waals surface area contributed by atoms with Crippen LogP contribution in [0.15, 0.2) is 18.2 Å². The molecule has 0 bridgehead atoms. The largest absolute Gasteiger partial charge is 0.497 e. The maximum absolute atomic E-state index is 6.29. The predicted octanol–water partition coefficient (Wildman–Crippen LogP) is 3.29. The molecular weight excluding hydrogens is 274 g/mol. The van der Waals surface area contributed by atoms with Crippen LogP contribution in [0.5, 0.6) is 5.75 Å². The molecule has 20 heavy (non-hydrogen) atoms. The summed E-state index contributed by atoms with van der Waals surface area (Å²) in [6, 6.07) is 6.37. The molecule has 0 saturated heterocycles. The third-order valence-electron chi connectivity index (χ3n) is 3.67. The summed E-state index contributed by atoms with van der Waals surface area (Å²) in [6.07, 6.45) is 0. The number of alkyl halides is 1. The maximum Gasteiger partial charge on any atom is 0.127 e. The standard InChI is InChI=1S/C15H22ClN3O/c1-10(18(3)4)9-19-14-7-6-12(20-5)8-13(14)17-15(19)11(2)16/h6-8,10-11H,9H2,1-5H3. The number of aromatic nitrogens is 2. The van der Waals surface area contributed by atoms with E-state index in [4.69, 9.17) is 16.3 Å². The zero-order valence-electron chi connectivity index (χ0n) is 12.7. The van der Waals surface area contributed by atoms with Crippen molar-refractivity contribution in [3.05, 3.63) is 24.0 Å². The molecule has 0 saturated carbocycles. The molecule has 2 rings (SSSR count). The minimum absolute atomic E-state index is 0.122. The van der Waals surface area contributed by atoms with Crippen molar-refractivity contribution < 1.29 is 4.74 Å². The zero-order chi connectivity index (χ0) is 14.9. The van der Waals surface area contributed by atoms with Gasteiger partial charge in [-0.05, 0) is 40.1 Å². The van der Waals surface area contributed by atoms with Crippen molar-refractivity contribution in [3.8, 4) is 5.75 Å². The summed E-state index contributed by atoms with van der Waals surface area (Å²) < 4.78 is 7.47. The number of hydrogen-bond acceptors (Lipinski definition) is 3. The first-order valence-corrected chi connectivity index (χ1v) is 7.22. The fourth-order valence-corrected chi connectivity index (χ4v) is 2.34. The van der Waals surface area contributed by atoms with Gasteiger partial charge in [-0.3, -0.25) is 0 Å². The van der Waals surface area contributed by atoms with Gasteiger partial charge in [-0.15, -0.1) is 11.6 Å². The van der Waals surface area contributed by atoms with Crippen molar-refractivity contribution >= 4 is 22.6 Å². The highest BCUT2D eigenvalue weighted by Gasteiger charge is 2.17. The Bertz CT molecular complexity index is 592. The number of rotatable bonds is 5. The molecule has 1 aromatic carbocycles. The fraction of sp³-hybridized carbons (Fsp3) is 0.533. The highest BCUT2D eigenvalue weighted by molar-refractivity contribution is 6.20. The molecule has 0 amide bonds. The van der Waals surface area contributed by atoms with E-state index in [2.05, 4.69) is 35.5 Å². The molecule has 2 unspecified atom stereocenters. The molecule has 0 spiro atoms. The number of methoxy groups -OCH3 is 1. The summed E-state index contributed by atoms with van der Waals surface area (Å²) in [5, 5.41) is -0.122. The van der Waals surface area contributed by atoms with Gasteiger partial charge >= 0.3 is 0 Å². The lowest BCUT2D eigenvalue weighted by Crippen LogP contribution is -2.29. The summed E-state index contributed by atoms with van der Waals surface area (Å²) in [5.41, 5.74) is 2.03. The number of ether oxygens (including phenoxy) is 1. The Kier molecular flexibility index (Phi) is 4.55. The molecule has 4 nitrogen and oxygen atoms in total. The van der Waals surface area contributed by atoms with E-state index in [1.165, 1.54) is 0 Å². The quantitative estimate of drug-likeness (QED) is 0.793. The molecule has 2 atom stereocenters. The number of likely N-dealkylation sites (N-methyl/N-ethyl adjacent to an activating group) is 1. The van der Waals surface area contributed by atoms with Crippen LogP contribution >= 0.6 is 11.6 Å². The second-order valence-electron chi connectivity index (χ2n) is 5.36. The van der Waals surface area contributed by atoms with Gasteiger partial charge in [0, 0.05) is 18.7 Å². The van der Waals surface area contributed by atoms with Crippen molar-refractivity contribution in [2.24, 2.45) is 0 Å². The lowest BCUT2D eigenvalue weighted by molar-refractivity contribution is 0.284. The number of fused-ring (bicyclic) bond motifs is 1. The molecule has 1 heterocycles. The molecule has 0 fully saturated rings. The Morgan fingerprint density at radius 3 is 2.60 bits per heavy atom. The molecule has 0 N–H and O–H groups in total. The lowest BCUT2D eigenvalue weighted by atomic mass is 10.2. The molecular formula is C15H22ClN3O. The van der Waals surface area contributed by atoms with Gasteiger partial charge in [0.05, 0.1) is 23.5 Å². The van der Waals surface area contributed by atoms with Gasteiger partial charge in [-0.25, -0.2) is 4.98 Å². The van der Waals surface area contributed by atoms with E-state index in [1.807, 2.05) is 25.1 Å². The number of hydrogen-bond donors (Lipinski definition) is 0. The molecule has 1 aromatic heterocycles. The highest BCUT2D eigenvalue weighted by Crippen LogP contribution is 2.27. The zero-order valence-corrected chi connectivity index (χ0v) is 13.5. The van der Waals surface area contributed by atoms with Crippen molar-refractivity contribution in [3.63, 3.8) is 0 Å². The van der Waals surface area contributed by atoms with Gasteiger partial charge in [0.1, 0.15) is 11.6 Å². The average Bonchev–Trinajstić information content (AvgIpc) is 2.76. The van der Waals surface area contributed by atoms with E-state index in [0.29, 0.717) is 6.04 Å². The Balaban J connectivity index is 2.51. The van der Waals surface area contributed by atoms with Gasteiger partial charge in [0.2, 0.25) is 0 Å². The third-order valence-corrected chi connectivity index (χ3v) is 3.86. The van der Waals surface area contributed by atoms with Crippen molar-refractivity contribution in [1.82, 2.24) is 14.5 Å². The average molecular weight is 296 g/mol. The van der Waals surface area contributed by atoms with Crippen LogP contribution in [0.1, 0.15) is 25.0 Å². The second kappa shape index (κ2) is 6.02. The molecule has 2 aromatic rings. The summed E-state index contributed by atoms with van der Waals surface area (Å²) in [6.45, 7) is 5.01. The highest BCUT2D eigenvalue weighted by atomic mass is 35.5. The monoisotopic (exact) mass is 295 g/mol. The van der Waals surface area contributed by atoms with E-state index >= 15 is 0 Å². The van der Waals surface area contributed by atoms with E-state index < -0.39 is 0 Å². The summed E-state index contributed by atoms with van der Waals surface area (Å²) in [5.74, 6) is 1.72. The van der Waals surface area contributed by atoms with Crippen LogP contribution in [0, 0.1) is 0 Å². The van der Waals surface area contributed by atoms with Crippen LogP contribution in [-0.2, 0) is 6.54 Å². The number of nitrogens with zero attached hydrogens (tertiary/aromatic N) is 3. The first kappa shape index (κ1) is 15.1. The normalized spacial score (nSPS) is 14.8. The number of imidazole rings is 1. The third kappa shape index (κ3) is 2.91. The second-order valence-corrected chi connectivity index (χ2v) is 6.02. The van der Waals surface area contributed by atoms with Crippen LogP contribution < -0.4 is 4.74 Å². The van der Waals surface area contributed by atoms with E-state index in [1.54, 1.807) is 7.11 Å².